The van der Waals surface area contributed by atoms with E-state index in [1.54, 1.807) is 4.31 Å². The van der Waals surface area contributed by atoms with E-state index >= 15 is 0 Å². The first-order chi connectivity index (χ1) is 7.01. The number of hydrogen-bond acceptors (Lipinski definition) is 2. The van der Waals surface area contributed by atoms with E-state index in [0.717, 1.165) is 38.8 Å². The molecule has 0 aromatic heterocycles. The summed E-state index contributed by atoms with van der Waals surface area (Å²) in [7, 11) is -2.94. The van der Waals surface area contributed by atoms with Crippen LogP contribution in [0.25, 0.3) is 0 Å². The lowest BCUT2D eigenvalue weighted by atomic mass is 9.96. The molecule has 0 aromatic rings. The SMILES string of the molecule is CC(C)C1CCN(S(=O)(=O)C2CCC2)C1. The lowest BCUT2D eigenvalue weighted by Gasteiger charge is -2.30. The summed E-state index contributed by atoms with van der Waals surface area (Å²) >= 11 is 0. The molecule has 2 rings (SSSR count). The number of nitrogens with zero attached hydrogens (tertiary/aromatic N) is 1. The topological polar surface area (TPSA) is 37.4 Å². The Bertz CT molecular complexity index is 319. The molecule has 1 atom stereocenters. The fourth-order valence-corrected chi connectivity index (χ4v) is 4.52. The summed E-state index contributed by atoms with van der Waals surface area (Å²) in [6.07, 6.45) is 3.89. The number of rotatable bonds is 3. The quantitative estimate of drug-likeness (QED) is 0.743. The standard InChI is InChI=1S/C11H21NO2S/c1-9(2)10-6-7-12(8-10)15(13,14)11-4-3-5-11/h9-11H,3-8H2,1-2H3. The van der Waals surface area contributed by atoms with E-state index in [2.05, 4.69) is 13.8 Å². The molecule has 0 spiro atoms. The zero-order valence-electron chi connectivity index (χ0n) is 9.65. The lowest BCUT2D eigenvalue weighted by Crippen LogP contribution is -2.40. The van der Waals surface area contributed by atoms with Crippen molar-refractivity contribution in [2.45, 2.75) is 44.8 Å². The van der Waals surface area contributed by atoms with Crippen molar-refractivity contribution in [3.8, 4) is 0 Å². The van der Waals surface area contributed by atoms with Gasteiger partial charge in [0.2, 0.25) is 10.0 Å². The Morgan fingerprint density at radius 2 is 1.87 bits per heavy atom. The first-order valence-electron chi connectivity index (χ1n) is 6.01. The highest BCUT2D eigenvalue weighted by atomic mass is 32.2. The second-order valence-corrected chi connectivity index (χ2v) is 7.46. The molecule has 0 aromatic carbocycles. The van der Waals surface area contributed by atoms with Gasteiger partial charge in [0, 0.05) is 13.1 Å². The van der Waals surface area contributed by atoms with E-state index in [0.29, 0.717) is 11.8 Å². The molecular weight excluding hydrogens is 210 g/mol. The summed E-state index contributed by atoms with van der Waals surface area (Å²) in [5, 5.41) is -0.0524. The molecule has 88 valence electrons. The van der Waals surface area contributed by atoms with Crippen LogP contribution in [-0.2, 0) is 10.0 Å². The van der Waals surface area contributed by atoms with Gasteiger partial charge in [-0.25, -0.2) is 12.7 Å². The Balaban J connectivity index is 2.00. The first-order valence-corrected chi connectivity index (χ1v) is 7.51. The molecule has 0 bridgehead atoms. The molecule has 1 aliphatic heterocycles. The van der Waals surface area contributed by atoms with Crippen molar-refractivity contribution in [3.05, 3.63) is 0 Å². The lowest BCUT2D eigenvalue weighted by molar-refractivity contribution is 0.376. The summed E-state index contributed by atoms with van der Waals surface area (Å²) in [5.74, 6) is 1.17. The number of sulfonamides is 1. The molecule has 1 aliphatic carbocycles. The van der Waals surface area contributed by atoms with Crippen molar-refractivity contribution in [2.75, 3.05) is 13.1 Å². The third kappa shape index (κ3) is 2.07. The molecule has 15 heavy (non-hydrogen) atoms. The van der Waals surface area contributed by atoms with Crippen LogP contribution in [0.4, 0.5) is 0 Å². The molecule has 0 N–H and O–H groups in total. The van der Waals surface area contributed by atoms with Gasteiger partial charge in [0.05, 0.1) is 5.25 Å². The normalized spacial score (nSPS) is 29.7. The zero-order valence-corrected chi connectivity index (χ0v) is 10.5. The van der Waals surface area contributed by atoms with Gasteiger partial charge in [-0.15, -0.1) is 0 Å². The van der Waals surface area contributed by atoms with E-state index in [4.69, 9.17) is 0 Å². The molecule has 1 unspecified atom stereocenters. The van der Waals surface area contributed by atoms with E-state index < -0.39 is 10.0 Å². The Kier molecular flexibility index (Phi) is 3.08. The van der Waals surface area contributed by atoms with Crippen LogP contribution in [0.3, 0.4) is 0 Å². The van der Waals surface area contributed by atoms with Crippen LogP contribution in [0.1, 0.15) is 39.5 Å². The van der Waals surface area contributed by atoms with Gasteiger partial charge in [-0.2, -0.15) is 0 Å². The average molecular weight is 231 g/mol. The maximum absolute atomic E-state index is 12.1. The fourth-order valence-electron chi connectivity index (χ4n) is 2.41. The molecule has 4 heteroatoms. The summed E-state index contributed by atoms with van der Waals surface area (Å²) in [4.78, 5) is 0. The predicted octanol–water partition coefficient (Wildman–Crippen LogP) is 1.85. The minimum Gasteiger partial charge on any atom is -0.212 e. The maximum Gasteiger partial charge on any atom is 0.216 e. The minimum absolute atomic E-state index is 0.0524. The van der Waals surface area contributed by atoms with Crippen LogP contribution >= 0.6 is 0 Å². The zero-order chi connectivity index (χ0) is 11.1. The third-order valence-electron chi connectivity index (χ3n) is 3.96. The molecular formula is C11H21NO2S. The molecule has 2 fully saturated rings. The van der Waals surface area contributed by atoms with E-state index in [1.165, 1.54) is 0 Å². The van der Waals surface area contributed by atoms with Gasteiger partial charge >= 0.3 is 0 Å². The van der Waals surface area contributed by atoms with Gasteiger partial charge in [0.1, 0.15) is 0 Å². The monoisotopic (exact) mass is 231 g/mol. The fraction of sp³-hybridized carbons (Fsp3) is 1.00. The first kappa shape index (κ1) is 11.4. The van der Waals surface area contributed by atoms with Crippen LogP contribution in [0, 0.1) is 11.8 Å². The average Bonchev–Trinajstić information content (AvgIpc) is 2.46. The van der Waals surface area contributed by atoms with Gasteiger partial charge in [0.25, 0.3) is 0 Å². The van der Waals surface area contributed by atoms with E-state index in [-0.39, 0.29) is 5.25 Å². The Morgan fingerprint density at radius 3 is 2.27 bits per heavy atom. The van der Waals surface area contributed by atoms with Crippen molar-refractivity contribution in [3.63, 3.8) is 0 Å². The van der Waals surface area contributed by atoms with Crippen molar-refractivity contribution in [2.24, 2.45) is 11.8 Å². The molecule has 2 aliphatic rings. The van der Waals surface area contributed by atoms with E-state index in [1.807, 2.05) is 0 Å². The van der Waals surface area contributed by atoms with Gasteiger partial charge in [0.15, 0.2) is 0 Å². The van der Waals surface area contributed by atoms with Crippen LogP contribution in [0.2, 0.25) is 0 Å². The van der Waals surface area contributed by atoms with Gasteiger partial charge < -0.3 is 0 Å². The second-order valence-electron chi connectivity index (χ2n) is 5.25. The highest BCUT2D eigenvalue weighted by molar-refractivity contribution is 7.89. The van der Waals surface area contributed by atoms with Crippen LogP contribution in [-0.4, -0.2) is 31.1 Å². The second kappa shape index (κ2) is 4.06. The van der Waals surface area contributed by atoms with Crippen molar-refractivity contribution in [1.29, 1.82) is 0 Å². The smallest absolute Gasteiger partial charge is 0.212 e. The molecule has 0 amide bonds. The molecule has 1 heterocycles. The molecule has 0 radical (unpaired) electrons. The molecule has 1 saturated heterocycles. The van der Waals surface area contributed by atoms with Gasteiger partial charge in [-0.05, 0) is 31.1 Å². The van der Waals surface area contributed by atoms with Crippen LogP contribution in [0.15, 0.2) is 0 Å². The summed E-state index contributed by atoms with van der Waals surface area (Å²) in [6, 6.07) is 0. The summed E-state index contributed by atoms with van der Waals surface area (Å²) in [5.41, 5.74) is 0. The third-order valence-corrected chi connectivity index (χ3v) is 6.33. The van der Waals surface area contributed by atoms with Crippen LogP contribution < -0.4 is 0 Å². The minimum atomic E-state index is -2.94. The molecule has 1 saturated carbocycles. The Hall–Kier alpha value is -0.0900. The highest BCUT2D eigenvalue weighted by Crippen LogP contribution is 2.33. The van der Waals surface area contributed by atoms with Crippen molar-refractivity contribution < 1.29 is 8.42 Å². The summed E-state index contributed by atoms with van der Waals surface area (Å²) in [6.45, 7) is 5.88. The van der Waals surface area contributed by atoms with Crippen LogP contribution in [0.5, 0.6) is 0 Å². The van der Waals surface area contributed by atoms with Crippen molar-refractivity contribution in [1.82, 2.24) is 4.31 Å². The Morgan fingerprint density at radius 1 is 1.20 bits per heavy atom. The molecule has 3 nitrogen and oxygen atoms in total. The summed E-state index contributed by atoms with van der Waals surface area (Å²) < 4.78 is 26.0. The largest absolute Gasteiger partial charge is 0.216 e. The predicted molar refractivity (Wildman–Crippen MR) is 61.1 cm³/mol. The van der Waals surface area contributed by atoms with Gasteiger partial charge in [-0.1, -0.05) is 20.3 Å². The van der Waals surface area contributed by atoms with Crippen molar-refractivity contribution >= 4 is 10.0 Å². The Labute approximate surface area is 92.9 Å². The highest BCUT2D eigenvalue weighted by Gasteiger charge is 2.39. The van der Waals surface area contributed by atoms with Gasteiger partial charge in [-0.3, -0.25) is 0 Å². The number of hydrogen-bond donors (Lipinski definition) is 0. The maximum atomic E-state index is 12.1. The van der Waals surface area contributed by atoms with E-state index in [9.17, 15) is 8.42 Å².